The number of fused-ring (bicyclic) bond motifs is 1. The fourth-order valence-electron chi connectivity index (χ4n) is 2.58. The van der Waals surface area contributed by atoms with Crippen molar-refractivity contribution in [3.8, 4) is 11.5 Å². The lowest BCUT2D eigenvalue weighted by Crippen LogP contribution is -2.01. The molecule has 0 bridgehead atoms. The summed E-state index contributed by atoms with van der Waals surface area (Å²) in [5.74, 6) is 1.12. The average molecular weight is 279 g/mol. The van der Waals surface area contributed by atoms with Gasteiger partial charge in [0.15, 0.2) is 0 Å². The van der Waals surface area contributed by atoms with Crippen molar-refractivity contribution in [3.63, 3.8) is 0 Å². The van der Waals surface area contributed by atoms with E-state index in [1.54, 1.807) is 18.4 Å². The summed E-state index contributed by atoms with van der Waals surface area (Å²) >= 11 is 1.65. The number of anilines is 1. The van der Waals surface area contributed by atoms with Crippen molar-refractivity contribution in [1.29, 1.82) is 0 Å². The fraction of sp³-hybridized carbons (Fsp3) is 0.538. The SMILES string of the molecule is CCC(OC)c1noc(-c2c(N)sc3c2CCC3)n1. The third-order valence-electron chi connectivity index (χ3n) is 3.55. The van der Waals surface area contributed by atoms with Crippen LogP contribution in [0.3, 0.4) is 0 Å². The molecule has 1 aliphatic rings. The second-order valence-corrected chi connectivity index (χ2v) is 5.82. The number of thiophene rings is 1. The minimum atomic E-state index is -0.120. The normalized spacial score (nSPS) is 15.7. The number of methoxy groups -OCH3 is 1. The molecule has 2 heterocycles. The highest BCUT2D eigenvalue weighted by atomic mass is 32.1. The lowest BCUT2D eigenvalue weighted by atomic mass is 10.1. The Morgan fingerprint density at radius 2 is 2.32 bits per heavy atom. The molecule has 2 aromatic rings. The van der Waals surface area contributed by atoms with Crippen LogP contribution in [0.2, 0.25) is 0 Å². The molecule has 2 aromatic heterocycles. The van der Waals surface area contributed by atoms with E-state index in [-0.39, 0.29) is 6.10 Å². The zero-order valence-corrected chi connectivity index (χ0v) is 11.9. The van der Waals surface area contributed by atoms with Gasteiger partial charge in [-0.25, -0.2) is 0 Å². The first-order valence-electron chi connectivity index (χ1n) is 6.51. The van der Waals surface area contributed by atoms with Gasteiger partial charge in [-0.1, -0.05) is 12.1 Å². The topological polar surface area (TPSA) is 74.2 Å². The molecule has 5 nitrogen and oxygen atoms in total. The maximum Gasteiger partial charge on any atom is 0.261 e. The van der Waals surface area contributed by atoms with Crippen LogP contribution in [0.25, 0.3) is 11.5 Å². The molecule has 1 atom stereocenters. The Bertz CT molecular complexity index is 587. The zero-order chi connectivity index (χ0) is 13.4. The molecule has 102 valence electrons. The van der Waals surface area contributed by atoms with Crippen molar-refractivity contribution in [3.05, 3.63) is 16.3 Å². The number of rotatable bonds is 4. The van der Waals surface area contributed by atoms with E-state index < -0.39 is 0 Å². The monoisotopic (exact) mass is 279 g/mol. The maximum atomic E-state index is 6.09. The molecular weight excluding hydrogens is 262 g/mol. The Morgan fingerprint density at radius 3 is 3.05 bits per heavy atom. The highest BCUT2D eigenvalue weighted by Crippen LogP contribution is 2.42. The van der Waals surface area contributed by atoms with Crippen LogP contribution in [-0.4, -0.2) is 17.3 Å². The second kappa shape index (κ2) is 4.94. The van der Waals surface area contributed by atoms with Gasteiger partial charge in [-0.2, -0.15) is 4.98 Å². The molecule has 2 N–H and O–H groups in total. The fourth-order valence-corrected chi connectivity index (χ4v) is 3.73. The van der Waals surface area contributed by atoms with Crippen molar-refractivity contribution >= 4 is 16.3 Å². The van der Waals surface area contributed by atoms with Gasteiger partial charge in [0.1, 0.15) is 6.10 Å². The first-order chi connectivity index (χ1) is 9.24. The standard InChI is InChI=1S/C13H17N3O2S/c1-3-8(17-2)12-15-13(18-16-12)10-7-5-4-6-9(7)19-11(10)14/h8H,3-6,14H2,1-2H3. The molecule has 0 spiro atoms. The second-order valence-electron chi connectivity index (χ2n) is 4.69. The summed E-state index contributed by atoms with van der Waals surface area (Å²) in [6.45, 7) is 2.03. The van der Waals surface area contributed by atoms with Crippen LogP contribution in [0.4, 0.5) is 5.00 Å². The molecule has 1 aliphatic carbocycles. The van der Waals surface area contributed by atoms with E-state index in [1.165, 1.54) is 16.9 Å². The minimum absolute atomic E-state index is 0.120. The van der Waals surface area contributed by atoms with Gasteiger partial charge in [0.2, 0.25) is 5.82 Å². The third kappa shape index (κ3) is 2.04. The Balaban J connectivity index is 1.99. The van der Waals surface area contributed by atoms with E-state index in [1.807, 2.05) is 6.92 Å². The van der Waals surface area contributed by atoms with E-state index in [0.717, 1.165) is 29.8 Å². The molecule has 6 heteroatoms. The summed E-state index contributed by atoms with van der Waals surface area (Å²) in [5, 5.41) is 4.80. The molecule has 0 radical (unpaired) electrons. The number of nitrogen functional groups attached to an aromatic ring is 1. The van der Waals surface area contributed by atoms with Crippen LogP contribution < -0.4 is 5.73 Å². The van der Waals surface area contributed by atoms with E-state index in [2.05, 4.69) is 10.1 Å². The number of nitrogens with zero attached hydrogens (tertiary/aromatic N) is 2. The summed E-state index contributed by atoms with van der Waals surface area (Å²) < 4.78 is 10.7. The van der Waals surface area contributed by atoms with Gasteiger partial charge < -0.3 is 15.0 Å². The smallest absolute Gasteiger partial charge is 0.261 e. The molecule has 0 aromatic carbocycles. The van der Waals surface area contributed by atoms with Crippen LogP contribution in [0.1, 0.15) is 42.1 Å². The Morgan fingerprint density at radius 1 is 1.47 bits per heavy atom. The minimum Gasteiger partial charge on any atom is -0.390 e. The van der Waals surface area contributed by atoms with Gasteiger partial charge in [-0.15, -0.1) is 11.3 Å². The number of aryl methyl sites for hydroxylation is 1. The number of aromatic nitrogens is 2. The molecule has 0 amide bonds. The molecule has 0 saturated carbocycles. The third-order valence-corrected chi connectivity index (χ3v) is 4.67. The Hall–Kier alpha value is -1.40. The maximum absolute atomic E-state index is 6.09. The summed E-state index contributed by atoms with van der Waals surface area (Å²) in [6, 6.07) is 0. The molecular formula is C13H17N3O2S. The quantitative estimate of drug-likeness (QED) is 0.931. The number of nitrogens with two attached hydrogens (primary N) is 1. The van der Waals surface area contributed by atoms with Gasteiger partial charge >= 0.3 is 0 Å². The summed E-state index contributed by atoms with van der Waals surface area (Å²) in [4.78, 5) is 5.82. The van der Waals surface area contributed by atoms with E-state index in [9.17, 15) is 0 Å². The molecule has 0 saturated heterocycles. The van der Waals surface area contributed by atoms with Gasteiger partial charge in [-0.3, -0.25) is 0 Å². The summed E-state index contributed by atoms with van der Waals surface area (Å²) in [5.41, 5.74) is 8.33. The first kappa shape index (κ1) is 12.6. The average Bonchev–Trinajstić information content (AvgIpc) is 3.06. The van der Waals surface area contributed by atoms with Crippen molar-refractivity contribution < 1.29 is 9.26 Å². The van der Waals surface area contributed by atoms with Crippen molar-refractivity contribution in [2.75, 3.05) is 12.8 Å². The molecule has 3 rings (SSSR count). The number of ether oxygens (including phenoxy) is 1. The Kier molecular flexibility index (Phi) is 3.28. The van der Waals surface area contributed by atoms with Crippen LogP contribution >= 0.6 is 11.3 Å². The number of hydrogen-bond acceptors (Lipinski definition) is 6. The Labute approximate surface area is 115 Å². The van der Waals surface area contributed by atoms with Crippen LogP contribution in [0.5, 0.6) is 0 Å². The van der Waals surface area contributed by atoms with Crippen LogP contribution in [0, 0.1) is 0 Å². The highest BCUT2D eigenvalue weighted by Gasteiger charge is 2.26. The van der Waals surface area contributed by atoms with Gasteiger partial charge in [-0.05, 0) is 31.2 Å². The first-order valence-corrected chi connectivity index (χ1v) is 7.33. The summed E-state index contributed by atoms with van der Waals surface area (Å²) in [7, 11) is 1.65. The lowest BCUT2D eigenvalue weighted by molar-refractivity contribution is 0.0903. The van der Waals surface area contributed by atoms with Gasteiger partial charge in [0.05, 0.1) is 10.6 Å². The van der Waals surface area contributed by atoms with Gasteiger partial charge in [0.25, 0.3) is 5.89 Å². The van der Waals surface area contributed by atoms with Crippen LogP contribution in [-0.2, 0) is 17.6 Å². The van der Waals surface area contributed by atoms with E-state index in [4.69, 9.17) is 15.0 Å². The largest absolute Gasteiger partial charge is 0.390 e. The number of hydrogen-bond donors (Lipinski definition) is 1. The van der Waals surface area contributed by atoms with Gasteiger partial charge in [0, 0.05) is 12.0 Å². The molecule has 0 aliphatic heterocycles. The molecule has 19 heavy (non-hydrogen) atoms. The lowest BCUT2D eigenvalue weighted by Gasteiger charge is -2.06. The van der Waals surface area contributed by atoms with E-state index in [0.29, 0.717) is 11.7 Å². The van der Waals surface area contributed by atoms with E-state index >= 15 is 0 Å². The van der Waals surface area contributed by atoms with Crippen molar-refractivity contribution in [2.24, 2.45) is 0 Å². The zero-order valence-electron chi connectivity index (χ0n) is 11.1. The predicted octanol–water partition coefficient (Wildman–Crippen LogP) is 2.97. The molecule has 0 fully saturated rings. The highest BCUT2D eigenvalue weighted by molar-refractivity contribution is 7.16. The van der Waals surface area contributed by atoms with Crippen molar-refractivity contribution in [2.45, 2.75) is 38.7 Å². The summed E-state index contributed by atoms with van der Waals surface area (Å²) in [6.07, 6.45) is 4.04. The van der Waals surface area contributed by atoms with Crippen LogP contribution in [0.15, 0.2) is 4.52 Å². The van der Waals surface area contributed by atoms with Crippen molar-refractivity contribution in [1.82, 2.24) is 10.1 Å². The molecule has 1 unspecified atom stereocenters. The predicted molar refractivity (Wildman–Crippen MR) is 74.1 cm³/mol.